The van der Waals surface area contributed by atoms with Gasteiger partial charge in [0.15, 0.2) is 0 Å². The van der Waals surface area contributed by atoms with Crippen molar-refractivity contribution in [3.8, 4) is 0 Å². The molecule has 0 aromatic carbocycles. The number of thiol groups is 1. The molecule has 0 aromatic rings. The van der Waals surface area contributed by atoms with Crippen LogP contribution in [-0.4, -0.2) is 97.9 Å². The van der Waals surface area contributed by atoms with E-state index in [1.165, 1.54) is 0 Å². The van der Waals surface area contributed by atoms with E-state index < -0.39 is 110 Å². The van der Waals surface area contributed by atoms with Crippen molar-refractivity contribution in [2.45, 2.75) is 94.8 Å². The maximum Gasteiger partial charge on any atom is 0.327 e. The van der Waals surface area contributed by atoms with E-state index in [0.29, 0.717) is 12.8 Å². The molecule has 4 amide bonds. The number of amides is 4. The predicted molar refractivity (Wildman–Crippen MR) is 146 cm³/mol. The summed E-state index contributed by atoms with van der Waals surface area (Å²) in [6.07, 6.45) is 0.681. The zero-order valence-corrected chi connectivity index (χ0v) is 23.8. The molecule has 42 heavy (non-hydrogen) atoms. The normalized spacial score (nSPS) is 16.1. The zero-order valence-electron chi connectivity index (χ0n) is 22.9. The summed E-state index contributed by atoms with van der Waals surface area (Å²) >= 11 is 3.84. The van der Waals surface area contributed by atoms with Gasteiger partial charge < -0.3 is 41.7 Å². The number of nitrogens with one attached hydrogen (secondary N) is 4. The second-order valence-corrected chi connectivity index (χ2v) is 10.3. The van der Waals surface area contributed by atoms with Crippen LogP contribution in [0.15, 0.2) is 0 Å². The van der Waals surface area contributed by atoms with Crippen molar-refractivity contribution in [3.05, 3.63) is 0 Å². The van der Waals surface area contributed by atoms with Crippen LogP contribution in [0.2, 0.25) is 0 Å². The van der Waals surface area contributed by atoms with E-state index in [9.17, 15) is 43.5 Å². The predicted octanol–water partition coefficient (Wildman–Crippen LogP) is -0.885. The molecule has 0 spiro atoms. The molecule has 1 aliphatic carbocycles. The fourth-order valence-corrected chi connectivity index (χ4v) is 4.64. The summed E-state index contributed by atoms with van der Waals surface area (Å²) in [7, 11) is 0. The third kappa shape index (κ3) is 13.6. The van der Waals surface area contributed by atoms with Gasteiger partial charge in [-0.15, -0.1) is 0 Å². The minimum atomic E-state index is -1.55. The van der Waals surface area contributed by atoms with Crippen LogP contribution in [0.25, 0.3) is 0 Å². The van der Waals surface area contributed by atoms with Gasteiger partial charge >= 0.3 is 23.9 Å². The standard InChI is InChI=1S/C25H38N4O12S/c30-17(8-11-20(35)36)29-21(13-4-2-1-3-5-13)24(39)27-15(7-10-19(33)34)22(37)26-14(6-9-18(31)32)23(38)28-16(12-42)25(40)41/h13-16,21,42H,1-12H2,(H,26,37)(H,27,39)(H,28,38)(H,29,30)(H,31,32)(H,33,34)(H,35,36)(H,40,41)/t14-,15-,16-,21-/m0/s1. The van der Waals surface area contributed by atoms with E-state index in [1.807, 2.05) is 0 Å². The van der Waals surface area contributed by atoms with Gasteiger partial charge in [0.25, 0.3) is 0 Å². The van der Waals surface area contributed by atoms with E-state index in [-0.39, 0.29) is 11.7 Å². The molecule has 16 nitrogen and oxygen atoms in total. The Morgan fingerprint density at radius 3 is 1.48 bits per heavy atom. The van der Waals surface area contributed by atoms with Crippen molar-refractivity contribution in [1.29, 1.82) is 0 Å². The maximum atomic E-state index is 13.4. The number of carboxylic acid groups (broad SMARTS) is 4. The second-order valence-electron chi connectivity index (χ2n) is 9.91. The van der Waals surface area contributed by atoms with Crippen LogP contribution in [-0.2, 0) is 38.4 Å². The minimum absolute atomic E-state index is 0.307. The van der Waals surface area contributed by atoms with E-state index in [2.05, 4.69) is 33.9 Å². The quantitative estimate of drug-likeness (QED) is 0.0799. The first-order valence-corrected chi connectivity index (χ1v) is 14.1. The fourth-order valence-electron chi connectivity index (χ4n) is 4.40. The van der Waals surface area contributed by atoms with Gasteiger partial charge in [-0.2, -0.15) is 12.6 Å². The van der Waals surface area contributed by atoms with Crippen LogP contribution in [0.5, 0.6) is 0 Å². The first kappa shape index (κ1) is 36.1. The first-order valence-electron chi connectivity index (χ1n) is 13.4. The molecule has 1 aliphatic rings. The molecular formula is C25H38N4O12S. The Bertz CT molecular complexity index is 1020. The zero-order chi connectivity index (χ0) is 31.8. The SMILES string of the molecule is O=C(O)CCC(=O)N[C@H](C(=O)N[C@@H](CCC(=O)O)C(=O)N[C@@H](CCC(=O)O)C(=O)N[C@@H](CS)C(=O)O)C1CCCCC1. The summed E-state index contributed by atoms with van der Waals surface area (Å²) < 4.78 is 0. The molecule has 0 heterocycles. The van der Waals surface area contributed by atoms with Crippen molar-refractivity contribution < 1.29 is 58.8 Å². The van der Waals surface area contributed by atoms with Crippen molar-refractivity contribution in [2.75, 3.05) is 5.75 Å². The Kier molecular flexibility index (Phi) is 15.9. The summed E-state index contributed by atoms with van der Waals surface area (Å²) in [4.78, 5) is 96.2. The lowest BCUT2D eigenvalue weighted by atomic mass is 9.83. The lowest BCUT2D eigenvalue weighted by Gasteiger charge is -2.31. The number of hydrogen-bond donors (Lipinski definition) is 9. The third-order valence-corrected chi connectivity index (χ3v) is 7.01. The lowest BCUT2D eigenvalue weighted by Crippen LogP contribution is -2.59. The summed E-state index contributed by atoms with van der Waals surface area (Å²) in [5.74, 6) is -9.46. The van der Waals surface area contributed by atoms with Gasteiger partial charge in [-0.05, 0) is 31.6 Å². The second kappa shape index (κ2) is 18.5. The molecule has 0 saturated heterocycles. The van der Waals surface area contributed by atoms with Gasteiger partial charge in [0, 0.05) is 25.0 Å². The minimum Gasteiger partial charge on any atom is -0.481 e. The highest BCUT2D eigenvalue weighted by molar-refractivity contribution is 7.80. The Labute approximate surface area is 246 Å². The highest BCUT2D eigenvalue weighted by Gasteiger charge is 2.35. The number of aliphatic carboxylic acids is 4. The highest BCUT2D eigenvalue weighted by atomic mass is 32.1. The molecule has 0 radical (unpaired) electrons. The molecule has 1 saturated carbocycles. The van der Waals surface area contributed by atoms with Crippen molar-refractivity contribution in [1.82, 2.24) is 21.3 Å². The lowest BCUT2D eigenvalue weighted by molar-refractivity contribution is -0.142. The Hall–Kier alpha value is -3.89. The monoisotopic (exact) mass is 618 g/mol. The highest BCUT2D eigenvalue weighted by Crippen LogP contribution is 2.27. The van der Waals surface area contributed by atoms with Crippen LogP contribution in [0.1, 0.15) is 70.6 Å². The van der Waals surface area contributed by atoms with Crippen LogP contribution in [0.3, 0.4) is 0 Å². The largest absolute Gasteiger partial charge is 0.481 e. The fraction of sp³-hybridized carbons (Fsp3) is 0.680. The van der Waals surface area contributed by atoms with Gasteiger partial charge in [-0.1, -0.05) is 19.3 Å². The molecule has 1 rings (SSSR count). The summed E-state index contributed by atoms with van der Waals surface area (Å²) in [5.41, 5.74) is 0. The number of rotatable bonds is 19. The summed E-state index contributed by atoms with van der Waals surface area (Å²) in [6, 6.07) is -5.68. The average molecular weight is 619 g/mol. The molecule has 0 unspecified atom stereocenters. The molecular weight excluding hydrogens is 580 g/mol. The number of carbonyl (C=O) groups is 8. The average Bonchev–Trinajstić information content (AvgIpc) is 2.93. The Morgan fingerprint density at radius 2 is 1.05 bits per heavy atom. The van der Waals surface area contributed by atoms with Gasteiger partial charge in [0.2, 0.25) is 23.6 Å². The first-order chi connectivity index (χ1) is 19.7. The molecule has 1 fully saturated rings. The van der Waals surface area contributed by atoms with Gasteiger partial charge in [-0.25, -0.2) is 4.79 Å². The van der Waals surface area contributed by atoms with E-state index in [1.54, 1.807) is 0 Å². The van der Waals surface area contributed by atoms with Crippen LogP contribution in [0.4, 0.5) is 0 Å². The van der Waals surface area contributed by atoms with E-state index >= 15 is 0 Å². The molecule has 4 atom stereocenters. The topological polar surface area (TPSA) is 266 Å². The molecule has 17 heteroatoms. The number of carboxylic acids is 4. The van der Waals surface area contributed by atoms with Crippen molar-refractivity contribution >= 4 is 60.1 Å². The van der Waals surface area contributed by atoms with Crippen LogP contribution in [0, 0.1) is 5.92 Å². The summed E-state index contributed by atoms with van der Waals surface area (Å²) in [6.45, 7) is 0. The Morgan fingerprint density at radius 1 is 0.595 bits per heavy atom. The molecule has 236 valence electrons. The van der Waals surface area contributed by atoms with Gasteiger partial charge in [0.05, 0.1) is 6.42 Å². The van der Waals surface area contributed by atoms with Gasteiger partial charge in [0.1, 0.15) is 24.2 Å². The molecule has 8 N–H and O–H groups in total. The maximum absolute atomic E-state index is 13.4. The van der Waals surface area contributed by atoms with Crippen LogP contribution >= 0.6 is 12.6 Å². The van der Waals surface area contributed by atoms with Crippen molar-refractivity contribution in [3.63, 3.8) is 0 Å². The molecule has 0 aromatic heterocycles. The third-order valence-electron chi connectivity index (χ3n) is 6.64. The van der Waals surface area contributed by atoms with Crippen LogP contribution < -0.4 is 21.3 Å². The number of carbonyl (C=O) groups excluding carboxylic acids is 4. The number of hydrogen-bond acceptors (Lipinski definition) is 9. The summed E-state index contributed by atoms with van der Waals surface area (Å²) in [5, 5.41) is 45.6. The van der Waals surface area contributed by atoms with E-state index in [4.69, 9.17) is 15.3 Å². The Balaban J connectivity index is 3.17. The van der Waals surface area contributed by atoms with Gasteiger partial charge in [-0.3, -0.25) is 33.6 Å². The van der Waals surface area contributed by atoms with Crippen molar-refractivity contribution in [2.24, 2.45) is 5.92 Å². The molecule has 0 bridgehead atoms. The molecule has 0 aliphatic heterocycles. The van der Waals surface area contributed by atoms with E-state index in [0.717, 1.165) is 19.3 Å². The smallest absolute Gasteiger partial charge is 0.327 e.